The van der Waals surface area contributed by atoms with E-state index >= 15 is 0 Å². The molecule has 0 spiro atoms. The molecule has 0 aromatic carbocycles. The molecule has 65 heavy (non-hydrogen) atoms. The molecule has 0 saturated heterocycles. The van der Waals surface area contributed by atoms with Crippen LogP contribution in [0.25, 0.3) is 0 Å². The molecule has 0 aromatic heterocycles. The number of rotatable bonds is 51. The molecule has 0 radical (unpaired) electrons. The van der Waals surface area contributed by atoms with Gasteiger partial charge in [0.25, 0.3) is 0 Å². The molecule has 6 nitrogen and oxygen atoms in total. The quantitative estimate of drug-likeness (QED) is 0.0262. The smallest absolute Gasteiger partial charge is 0.306 e. The van der Waals surface area contributed by atoms with Crippen molar-refractivity contribution in [3.8, 4) is 0 Å². The van der Waals surface area contributed by atoms with Gasteiger partial charge in [-0.15, -0.1) is 0 Å². The molecule has 0 aliphatic heterocycles. The molecule has 0 fully saturated rings. The first-order valence-corrected chi connectivity index (χ1v) is 28.2. The van der Waals surface area contributed by atoms with E-state index in [1.165, 1.54) is 167 Å². The lowest BCUT2D eigenvalue weighted by Crippen LogP contribution is -2.30. The number of esters is 3. The lowest BCUT2D eigenvalue weighted by Gasteiger charge is -2.18. The van der Waals surface area contributed by atoms with E-state index in [9.17, 15) is 14.4 Å². The largest absolute Gasteiger partial charge is 0.462 e. The predicted molar refractivity (Wildman–Crippen MR) is 279 cm³/mol. The molecule has 0 aliphatic rings. The second kappa shape index (κ2) is 54.0. The van der Waals surface area contributed by atoms with Crippen molar-refractivity contribution in [1.82, 2.24) is 0 Å². The van der Waals surface area contributed by atoms with E-state index in [0.717, 1.165) is 83.5 Å². The zero-order chi connectivity index (χ0) is 47.2. The summed E-state index contributed by atoms with van der Waals surface area (Å²) in [4.78, 5) is 38.1. The molecule has 1 unspecified atom stereocenters. The zero-order valence-electron chi connectivity index (χ0n) is 43.3. The van der Waals surface area contributed by atoms with Gasteiger partial charge in [-0.25, -0.2) is 0 Å². The Bertz CT molecular complexity index is 1140. The van der Waals surface area contributed by atoms with Crippen LogP contribution in [0.15, 0.2) is 48.6 Å². The number of hydrogen-bond acceptors (Lipinski definition) is 6. The normalized spacial score (nSPS) is 12.4. The summed E-state index contributed by atoms with van der Waals surface area (Å²) in [5.41, 5.74) is 0. The maximum absolute atomic E-state index is 12.8. The average Bonchev–Trinajstić information content (AvgIpc) is 3.30. The Hall–Kier alpha value is -2.63. The van der Waals surface area contributed by atoms with Crippen molar-refractivity contribution < 1.29 is 28.6 Å². The molecule has 0 aliphatic carbocycles. The molecule has 0 saturated carbocycles. The van der Waals surface area contributed by atoms with Crippen molar-refractivity contribution in [2.75, 3.05) is 13.2 Å². The van der Waals surface area contributed by atoms with Gasteiger partial charge in [-0.3, -0.25) is 14.4 Å². The Balaban J connectivity index is 4.38. The minimum atomic E-state index is -0.778. The van der Waals surface area contributed by atoms with Crippen LogP contribution in [-0.4, -0.2) is 37.2 Å². The van der Waals surface area contributed by atoms with Crippen molar-refractivity contribution in [1.29, 1.82) is 0 Å². The minimum absolute atomic E-state index is 0.0768. The van der Waals surface area contributed by atoms with E-state index in [2.05, 4.69) is 69.4 Å². The third-order valence-electron chi connectivity index (χ3n) is 12.4. The monoisotopic (exact) mass is 911 g/mol. The highest BCUT2D eigenvalue weighted by Crippen LogP contribution is 2.16. The topological polar surface area (TPSA) is 78.9 Å². The highest BCUT2D eigenvalue weighted by molar-refractivity contribution is 5.71. The van der Waals surface area contributed by atoms with Gasteiger partial charge in [-0.1, -0.05) is 275 Å². The van der Waals surface area contributed by atoms with E-state index in [1.807, 2.05) is 0 Å². The third-order valence-corrected chi connectivity index (χ3v) is 12.4. The number of carbonyl (C=O) groups excluding carboxylic acids is 3. The molecule has 0 N–H and O–H groups in total. The van der Waals surface area contributed by atoms with Gasteiger partial charge >= 0.3 is 17.9 Å². The van der Waals surface area contributed by atoms with Crippen molar-refractivity contribution >= 4 is 17.9 Å². The second-order valence-electron chi connectivity index (χ2n) is 19.0. The van der Waals surface area contributed by atoms with Gasteiger partial charge in [0.2, 0.25) is 0 Å². The van der Waals surface area contributed by atoms with Crippen LogP contribution in [-0.2, 0) is 28.6 Å². The first-order chi connectivity index (χ1) is 32.0. The van der Waals surface area contributed by atoms with Crippen molar-refractivity contribution in [3.63, 3.8) is 0 Å². The van der Waals surface area contributed by atoms with Crippen molar-refractivity contribution in [2.45, 2.75) is 297 Å². The van der Waals surface area contributed by atoms with Crippen LogP contribution in [0.4, 0.5) is 0 Å². The molecule has 6 heteroatoms. The summed E-state index contributed by atoms with van der Waals surface area (Å²) < 4.78 is 16.8. The average molecular weight is 911 g/mol. The number of unbranched alkanes of at least 4 members (excludes halogenated alkanes) is 35. The minimum Gasteiger partial charge on any atom is -0.462 e. The van der Waals surface area contributed by atoms with Gasteiger partial charge in [-0.2, -0.15) is 0 Å². The molecule has 0 bridgehead atoms. The second-order valence-corrected chi connectivity index (χ2v) is 19.0. The Morgan fingerprint density at radius 2 is 0.554 bits per heavy atom. The molecule has 0 amide bonds. The van der Waals surface area contributed by atoms with Crippen molar-refractivity contribution in [3.05, 3.63) is 48.6 Å². The van der Waals surface area contributed by atoms with Gasteiger partial charge in [-0.05, 0) is 44.9 Å². The van der Waals surface area contributed by atoms with E-state index in [4.69, 9.17) is 14.2 Å². The third kappa shape index (κ3) is 52.2. The maximum atomic E-state index is 12.8. The maximum Gasteiger partial charge on any atom is 0.306 e. The summed E-state index contributed by atoms with van der Waals surface area (Å²) in [6.07, 6.45) is 65.2. The predicted octanol–water partition coefficient (Wildman–Crippen LogP) is 18.7. The zero-order valence-corrected chi connectivity index (χ0v) is 43.3. The number of carbonyl (C=O) groups is 3. The molecule has 0 heterocycles. The standard InChI is InChI=1S/C59H106O6/c1-4-7-10-13-16-19-22-25-27-29-31-32-34-37-40-43-46-49-52-58(61)64-55-56(54-63-57(60)51-48-45-42-39-36-24-21-18-15-12-9-6-3)65-59(62)53-50-47-44-41-38-35-33-30-28-26-23-20-17-14-11-8-5-2/h16,19,22,25,27,29,31-32,56H,4-15,17-18,20-21,23-24,26,28,30,33-55H2,1-3H3/b19-16-,25-22-,29-27-,32-31-. The first kappa shape index (κ1) is 62.4. The van der Waals surface area contributed by atoms with Crippen LogP contribution >= 0.6 is 0 Å². The molecule has 1 atom stereocenters. The Morgan fingerprint density at radius 1 is 0.308 bits per heavy atom. The first-order valence-electron chi connectivity index (χ1n) is 28.2. The highest BCUT2D eigenvalue weighted by atomic mass is 16.6. The molecule has 378 valence electrons. The van der Waals surface area contributed by atoms with Crippen LogP contribution in [0.5, 0.6) is 0 Å². The Kier molecular flexibility index (Phi) is 51.8. The summed E-state index contributed by atoms with van der Waals surface area (Å²) in [6.45, 7) is 6.61. The molecule has 0 aromatic rings. The van der Waals surface area contributed by atoms with E-state index < -0.39 is 6.10 Å². The van der Waals surface area contributed by atoms with Crippen LogP contribution in [0.3, 0.4) is 0 Å². The molecular weight excluding hydrogens is 805 g/mol. The summed E-state index contributed by atoms with van der Waals surface area (Å²) in [5, 5.41) is 0. The summed E-state index contributed by atoms with van der Waals surface area (Å²) in [7, 11) is 0. The fraction of sp³-hybridized carbons (Fsp3) is 0.814. The summed E-state index contributed by atoms with van der Waals surface area (Å²) in [6, 6.07) is 0. The Morgan fingerprint density at radius 3 is 0.892 bits per heavy atom. The van der Waals surface area contributed by atoms with Gasteiger partial charge < -0.3 is 14.2 Å². The fourth-order valence-corrected chi connectivity index (χ4v) is 8.16. The number of hydrogen-bond donors (Lipinski definition) is 0. The van der Waals surface area contributed by atoms with E-state index in [0.29, 0.717) is 19.3 Å². The summed E-state index contributed by atoms with van der Waals surface area (Å²) >= 11 is 0. The van der Waals surface area contributed by atoms with Crippen LogP contribution in [0.2, 0.25) is 0 Å². The van der Waals surface area contributed by atoms with Gasteiger partial charge in [0, 0.05) is 19.3 Å². The van der Waals surface area contributed by atoms with Gasteiger partial charge in [0.1, 0.15) is 13.2 Å². The lowest BCUT2D eigenvalue weighted by molar-refractivity contribution is -0.167. The van der Waals surface area contributed by atoms with Crippen molar-refractivity contribution in [2.24, 2.45) is 0 Å². The van der Waals surface area contributed by atoms with Gasteiger partial charge in [0.15, 0.2) is 6.10 Å². The van der Waals surface area contributed by atoms with E-state index in [-0.39, 0.29) is 31.1 Å². The molecular formula is C59H106O6. The SMILES string of the molecule is CCCCC\C=C/C=C\C=C/C=C\CCCCCCCC(=O)OCC(COC(=O)CCCCCCCCCCCCCC)OC(=O)CCCCCCCCCCCCCCCCCCC. The van der Waals surface area contributed by atoms with Crippen LogP contribution in [0, 0.1) is 0 Å². The van der Waals surface area contributed by atoms with Crippen LogP contribution < -0.4 is 0 Å². The van der Waals surface area contributed by atoms with Crippen LogP contribution in [0.1, 0.15) is 290 Å². The van der Waals surface area contributed by atoms with E-state index in [1.54, 1.807) is 0 Å². The highest BCUT2D eigenvalue weighted by Gasteiger charge is 2.19. The fourth-order valence-electron chi connectivity index (χ4n) is 8.16. The number of ether oxygens (including phenoxy) is 3. The number of allylic oxidation sites excluding steroid dienone is 8. The lowest BCUT2D eigenvalue weighted by atomic mass is 10.0. The molecule has 0 rings (SSSR count). The summed E-state index contributed by atoms with van der Waals surface area (Å²) in [5.74, 6) is -0.886. The van der Waals surface area contributed by atoms with Gasteiger partial charge in [0.05, 0.1) is 0 Å². The Labute approximate surface area is 403 Å².